The van der Waals surface area contributed by atoms with Crippen molar-refractivity contribution in [3.8, 4) is 0 Å². The Balaban J connectivity index is 1.96. The third-order valence-corrected chi connectivity index (χ3v) is 7.13. The van der Waals surface area contributed by atoms with E-state index < -0.39 is 14.6 Å². The Morgan fingerprint density at radius 3 is 2.52 bits per heavy atom. The van der Waals surface area contributed by atoms with Gasteiger partial charge in [-0.2, -0.15) is 0 Å². The van der Waals surface area contributed by atoms with E-state index in [0.717, 1.165) is 26.1 Å². The van der Waals surface area contributed by atoms with Crippen molar-refractivity contribution in [2.45, 2.75) is 38.9 Å². The number of carbonyl (C=O) groups is 1. The molecule has 2 rings (SSSR count). The van der Waals surface area contributed by atoms with Crippen LogP contribution in [0.1, 0.15) is 34.1 Å². The second-order valence-corrected chi connectivity index (χ2v) is 10.2. The number of likely N-dealkylation sites (tertiary alicyclic amines) is 1. The molecule has 2 fully saturated rings. The molecule has 0 spiro atoms. The van der Waals surface area contributed by atoms with E-state index in [2.05, 4.69) is 18.7 Å². The Hall–Kier alpha value is -0.620. The van der Waals surface area contributed by atoms with Crippen LogP contribution in [0.4, 0.5) is 0 Å². The van der Waals surface area contributed by atoms with Gasteiger partial charge in [0.1, 0.15) is 0 Å². The molecule has 122 valence electrons. The van der Waals surface area contributed by atoms with Gasteiger partial charge >= 0.3 is 0 Å². The minimum absolute atomic E-state index is 0.0420. The van der Waals surface area contributed by atoms with E-state index in [0.29, 0.717) is 19.0 Å². The standard InChI is InChI=1S/C15H28N2O3S/c1-12(2)9-16-6-5-13(10-16)14(18)17-7-8-21(19,20)15(3,4)11-17/h12-13H,5-11H2,1-4H3/t13-/m1/s1. The molecule has 2 saturated heterocycles. The molecule has 0 N–H and O–H groups in total. The van der Waals surface area contributed by atoms with Crippen LogP contribution in [-0.2, 0) is 14.6 Å². The molecule has 0 saturated carbocycles. The Morgan fingerprint density at radius 2 is 1.95 bits per heavy atom. The summed E-state index contributed by atoms with van der Waals surface area (Å²) in [6, 6.07) is 0. The molecule has 1 amide bonds. The lowest BCUT2D eigenvalue weighted by atomic mass is 10.1. The maximum Gasteiger partial charge on any atom is 0.227 e. The van der Waals surface area contributed by atoms with E-state index in [1.54, 1.807) is 18.7 Å². The van der Waals surface area contributed by atoms with Gasteiger partial charge in [-0.3, -0.25) is 4.79 Å². The second-order valence-electron chi connectivity index (χ2n) is 7.48. The minimum atomic E-state index is -3.08. The molecule has 0 aromatic carbocycles. The molecule has 0 radical (unpaired) electrons. The summed E-state index contributed by atoms with van der Waals surface area (Å²) < 4.78 is 23.2. The normalized spacial score (nSPS) is 29.0. The third kappa shape index (κ3) is 3.59. The van der Waals surface area contributed by atoms with Gasteiger partial charge < -0.3 is 9.80 Å². The average Bonchev–Trinajstić information content (AvgIpc) is 2.79. The van der Waals surface area contributed by atoms with Gasteiger partial charge in [-0.1, -0.05) is 13.8 Å². The van der Waals surface area contributed by atoms with Crippen molar-refractivity contribution in [1.82, 2.24) is 9.80 Å². The lowest BCUT2D eigenvalue weighted by Gasteiger charge is -2.38. The van der Waals surface area contributed by atoms with Crippen molar-refractivity contribution in [1.29, 1.82) is 0 Å². The zero-order valence-corrected chi connectivity index (χ0v) is 14.4. The Kier molecular flexibility index (Phi) is 4.69. The minimum Gasteiger partial charge on any atom is -0.340 e. The summed E-state index contributed by atoms with van der Waals surface area (Å²) in [6.07, 6.45) is 0.898. The summed E-state index contributed by atoms with van der Waals surface area (Å²) in [5, 5.41) is 0. The highest BCUT2D eigenvalue weighted by molar-refractivity contribution is 7.92. The van der Waals surface area contributed by atoms with Gasteiger partial charge in [-0.25, -0.2) is 8.42 Å². The summed E-state index contributed by atoms with van der Waals surface area (Å²) in [4.78, 5) is 16.7. The van der Waals surface area contributed by atoms with Gasteiger partial charge in [0.05, 0.1) is 16.4 Å². The van der Waals surface area contributed by atoms with Gasteiger partial charge in [-0.15, -0.1) is 0 Å². The van der Waals surface area contributed by atoms with E-state index >= 15 is 0 Å². The summed E-state index contributed by atoms with van der Waals surface area (Å²) in [5.74, 6) is 0.885. The predicted octanol–water partition coefficient (Wildman–Crippen LogP) is 1.000. The van der Waals surface area contributed by atoms with Gasteiger partial charge in [0.25, 0.3) is 0 Å². The molecular weight excluding hydrogens is 288 g/mol. The Morgan fingerprint density at radius 1 is 1.29 bits per heavy atom. The van der Waals surface area contributed by atoms with Crippen molar-refractivity contribution in [3.63, 3.8) is 0 Å². The molecule has 21 heavy (non-hydrogen) atoms. The van der Waals surface area contributed by atoms with Crippen LogP contribution in [0.3, 0.4) is 0 Å². The number of hydrogen-bond donors (Lipinski definition) is 0. The number of rotatable bonds is 3. The highest BCUT2D eigenvalue weighted by Crippen LogP contribution is 2.27. The first kappa shape index (κ1) is 16.7. The van der Waals surface area contributed by atoms with Crippen LogP contribution in [0.15, 0.2) is 0 Å². The number of amides is 1. The second kappa shape index (κ2) is 5.88. The summed E-state index contributed by atoms with van der Waals surface area (Å²) >= 11 is 0. The highest BCUT2D eigenvalue weighted by Gasteiger charge is 2.43. The van der Waals surface area contributed by atoms with Gasteiger partial charge in [0.2, 0.25) is 5.91 Å². The zero-order valence-electron chi connectivity index (χ0n) is 13.6. The van der Waals surface area contributed by atoms with Crippen molar-refractivity contribution < 1.29 is 13.2 Å². The summed E-state index contributed by atoms with van der Waals surface area (Å²) in [6.45, 7) is 11.3. The van der Waals surface area contributed by atoms with Crippen LogP contribution in [0, 0.1) is 11.8 Å². The maximum absolute atomic E-state index is 12.6. The number of nitrogens with zero attached hydrogens (tertiary/aromatic N) is 2. The predicted molar refractivity (Wildman–Crippen MR) is 83.8 cm³/mol. The zero-order chi connectivity index (χ0) is 15.8. The highest BCUT2D eigenvalue weighted by atomic mass is 32.2. The lowest BCUT2D eigenvalue weighted by molar-refractivity contribution is -0.135. The number of hydrogen-bond acceptors (Lipinski definition) is 4. The maximum atomic E-state index is 12.6. The van der Waals surface area contributed by atoms with E-state index in [-0.39, 0.29) is 17.6 Å². The SMILES string of the molecule is CC(C)CN1CC[C@@H](C(=O)N2CCS(=O)(=O)C(C)(C)C2)C1. The Labute approximate surface area is 128 Å². The first-order valence-corrected chi connectivity index (χ1v) is 9.51. The van der Waals surface area contributed by atoms with Crippen LogP contribution in [-0.4, -0.2) is 67.3 Å². The molecule has 6 heteroatoms. The molecule has 0 unspecified atom stereocenters. The fraction of sp³-hybridized carbons (Fsp3) is 0.933. The van der Waals surface area contributed by atoms with E-state index in [9.17, 15) is 13.2 Å². The summed E-state index contributed by atoms with van der Waals surface area (Å²) in [5.41, 5.74) is 0. The number of sulfone groups is 1. The first-order chi connectivity index (χ1) is 9.62. The molecule has 2 aliphatic heterocycles. The van der Waals surface area contributed by atoms with Crippen molar-refractivity contribution >= 4 is 15.7 Å². The molecule has 5 nitrogen and oxygen atoms in total. The van der Waals surface area contributed by atoms with Crippen LogP contribution < -0.4 is 0 Å². The molecule has 1 atom stereocenters. The largest absolute Gasteiger partial charge is 0.340 e. The van der Waals surface area contributed by atoms with Crippen molar-refractivity contribution in [2.24, 2.45) is 11.8 Å². The van der Waals surface area contributed by atoms with Crippen molar-refractivity contribution in [2.75, 3.05) is 38.5 Å². The molecule has 0 aromatic rings. The smallest absolute Gasteiger partial charge is 0.227 e. The molecule has 0 aromatic heterocycles. The molecular formula is C15H28N2O3S. The van der Waals surface area contributed by atoms with Crippen LogP contribution in [0.2, 0.25) is 0 Å². The van der Waals surface area contributed by atoms with E-state index in [1.165, 1.54) is 0 Å². The van der Waals surface area contributed by atoms with Crippen LogP contribution >= 0.6 is 0 Å². The first-order valence-electron chi connectivity index (χ1n) is 7.86. The number of carbonyl (C=O) groups excluding carboxylic acids is 1. The molecule has 0 aliphatic carbocycles. The molecule has 2 heterocycles. The van der Waals surface area contributed by atoms with Crippen LogP contribution in [0.5, 0.6) is 0 Å². The molecule has 0 bridgehead atoms. The topological polar surface area (TPSA) is 57.7 Å². The van der Waals surface area contributed by atoms with Gasteiger partial charge in [0, 0.05) is 26.2 Å². The Bertz CT molecular complexity index is 499. The summed E-state index contributed by atoms with van der Waals surface area (Å²) in [7, 11) is -3.08. The van der Waals surface area contributed by atoms with E-state index in [4.69, 9.17) is 0 Å². The fourth-order valence-corrected chi connectivity index (χ4v) is 4.67. The quantitative estimate of drug-likeness (QED) is 0.779. The lowest BCUT2D eigenvalue weighted by Crippen LogP contribution is -2.55. The molecule has 2 aliphatic rings. The van der Waals surface area contributed by atoms with Crippen LogP contribution in [0.25, 0.3) is 0 Å². The fourth-order valence-electron chi connectivity index (χ4n) is 3.31. The average molecular weight is 316 g/mol. The van der Waals surface area contributed by atoms with E-state index in [1.807, 2.05) is 0 Å². The third-order valence-electron chi connectivity index (χ3n) is 4.60. The van der Waals surface area contributed by atoms with Crippen molar-refractivity contribution in [3.05, 3.63) is 0 Å². The monoisotopic (exact) mass is 316 g/mol. The van der Waals surface area contributed by atoms with Gasteiger partial charge in [-0.05, 0) is 32.7 Å². The van der Waals surface area contributed by atoms with Gasteiger partial charge in [0.15, 0.2) is 9.84 Å².